The Balaban J connectivity index is 2.24. The smallest absolute Gasteiger partial charge is 0.332 e. The summed E-state index contributed by atoms with van der Waals surface area (Å²) in [7, 11) is 0. The van der Waals surface area contributed by atoms with Gasteiger partial charge in [0.05, 0.1) is 0 Å². The maximum atomic E-state index is 11.2. The molecule has 0 saturated heterocycles. The summed E-state index contributed by atoms with van der Waals surface area (Å²) >= 11 is 0. The number of carboxylic acids is 1. The Morgan fingerprint density at radius 1 is 1.24 bits per heavy atom. The van der Waals surface area contributed by atoms with Crippen LogP contribution < -0.4 is 0 Å². The van der Waals surface area contributed by atoms with Gasteiger partial charge in [0.1, 0.15) is 6.61 Å². The van der Waals surface area contributed by atoms with Crippen LogP contribution in [-0.2, 0) is 20.9 Å². The number of hydrogen-bond acceptors (Lipinski definition) is 4. The molecule has 1 rings (SSSR count). The number of aliphatic carboxylic acids is 1. The number of aliphatic hydroxyl groups excluding tert-OH is 1. The lowest BCUT2D eigenvalue weighted by Crippen LogP contribution is -2.20. The van der Waals surface area contributed by atoms with Gasteiger partial charge in [0.25, 0.3) is 0 Å². The molecule has 0 aliphatic rings. The van der Waals surface area contributed by atoms with Crippen molar-refractivity contribution in [1.82, 2.24) is 0 Å². The van der Waals surface area contributed by atoms with E-state index < -0.39 is 18.0 Å². The van der Waals surface area contributed by atoms with Gasteiger partial charge in [-0.25, -0.2) is 4.79 Å². The summed E-state index contributed by atoms with van der Waals surface area (Å²) in [5, 5.41) is 17.4. The molecule has 0 aromatic heterocycles. The highest BCUT2D eigenvalue weighted by atomic mass is 16.5. The van der Waals surface area contributed by atoms with Crippen LogP contribution in [-0.4, -0.2) is 28.3 Å². The maximum absolute atomic E-state index is 11.2. The van der Waals surface area contributed by atoms with E-state index >= 15 is 0 Å². The van der Waals surface area contributed by atoms with E-state index in [0.717, 1.165) is 5.56 Å². The van der Waals surface area contributed by atoms with Gasteiger partial charge in [-0.15, -0.1) is 0 Å². The van der Waals surface area contributed by atoms with Crippen molar-refractivity contribution in [3.8, 4) is 0 Å². The first-order valence-electron chi connectivity index (χ1n) is 5.20. The molecule has 0 spiro atoms. The van der Waals surface area contributed by atoms with Crippen LogP contribution in [0.5, 0.6) is 0 Å². The van der Waals surface area contributed by atoms with Gasteiger partial charge in [-0.3, -0.25) is 4.79 Å². The van der Waals surface area contributed by atoms with Crippen LogP contribution in [0.2, 0.25) is 0 Å². The second-order valence-corrected chi connectivity index (χ2v) is 3.54. The summed E-state index contributed by atoms with van der Waals surface area (Å²) in [6.07, 6.45) is -1.76. The summed E-state index contributed by atoms with van der Waals surface area (Å²) in [5.41, 5.74) is 0.861. The van der Waals surface area contributed by atoms with E-state index in [1.54, 1.807) is 0 Å². The predicted molar refractivity (Wildman–Crippen MR) is 59.1 cm³/mol. The molecular weight excluding hydrogens is 224 g/mol. The normalized spacial score (nSPS) is 11.8. The topological polar surface area (TPSA) is 83.8 Å². The van der Waals surface area contributed by atoms with Crippen molar-refractivity contribution in [2.24, 2.45) is 0 Å². The van der Waals surface area contributed by atoms with E-state index in [1.165, 1.54) is 0 Å². The van der Waals surface area contributed by atoms with Crippen molar-refractivity contribution >= 4 is 11.9 Å². The second-order valence-electron chi connectivity index (χ2n) is 3.54. The zero-order chi connectivity index (χ0) is 12.7. The Labute approximate surface area is 98.6 Å². The molecule has 5 heteroatoms. The number of carbonyl (C=O) groups is 2. The van der Waals surface area contributed by atoms with E-state index in [-0.39, 0.29) is 19.4 Å². The summed E-state index contributed by atoms with van der Waals surface area (Å²) in [5.74, 6) is -1.85. The molecule has 1 atom stereocenters. The number of benzene rings is 1. The van der Waals surface area contributed by atoms with E-state index in [0.29, 0.717) is 0 Å². The monoisotopic (exact) mass is 238 g/mol. The van der Waals surface area contributed by atoms with Crippen molar-refractivity contribution in [2.45, 2.75) is 25.6 Å². The Kier molecular flexibility index (Phi) is 5.16. The summed E-state index contributed by atoms with van der Waals surface area (Å²) < 4.78 is 4.92. The number of carboxylic acid groups (broad SMARTS) is 1. The van der Waals surface area contributed by atoms with Crippen molar-refractivity contribution in [2.75, 3.05) is 0 Å². The average molecular weight is 238 g/mol. The van der Waals surface area contributed by atoms with Crippen LogP contribution in [0.1, 0.15) is 18.4 Å². The van der Waals surface area contributed by atoms with E-state index in [4.69, 9.17) is 14.9 Å². The minimum Gasteiger partial charge on any atom is -0.479 e. The van der Waals surface area contributed by atoms with Gasteiger partial charge >= 0.3 is 11.9 Å². The van der Waals surface area contributed by atoms with E-state index in [2.05, 4.69) is 0 Å². The first kappa shape index (κ1) is 13.2. The Bertz CT molecular complexity index is 374. The molecule has 0 amide bonds. The SMILES string of the molecule is O=C(CCC(O)C(=O)O)OCc1ccccc1. The number of esters is 1. The third kappa shape index (κ3) is 5.12. The molecule has 0 aliphatic carbocycles. The van der Waals surface area contributed by atoms with Crippen LogP contribution >= 0.6 is 0 Å². The average Bonchev–Trinajstić information content (AvgIpc) is 2.34. The van der Waals surface area contributed by atoms with Crippen molar-refractivity contribution in [3.05, 3.63) is 35.9 Å². The molecule has 0 saturated carbocycles. The fourth-order valence-corrected chi connectivity index (χ4v) is 1.19. The highest BCUT2D eigenvalue weighted by Crippen LogP contribution is 2.04. The first-order chi connectivity index (χ1) is 8.09. The summed E-state index contributed by atoms with van der Waals surface area (Å²) in [4.78, 5) is 21.5. The molecular formula is C12H14O5. The Morgan fingerprint density at radius 2 is 1.88 bits per heavy atom. The lowest BCUT2D eigenvalue weighted by atomic mass is 10.2. The lowest BCUT2D eigenvalue weighted by molar-refractivity contribution is -0.149. The molecule has 0 heterocycles. The van der Waals surface area contributed by atoms with E-state index in [9.17, 15) is 9.59 Å². The van der Waals surface area contributed by atoms with Gasteiger partial charge in [0.15, 0.2) is 6.10 Å². The zero-order valence-corrected chi connectivity index (χ0v) is 9.20. The van der Waals surface area contributed by atoms with Crippen LogP contribution in [0.15, 0.2) is 30.3 Å². The molecule has 1 unspecified atom stereocenters. The molecule has 0 fully saturated rings. The molecule has 1 aromatic rings. The third-order valence-corrected chi connectivity index (χ3v) is 2.15. The standard InChI is InChI=1S/C12H14O5/c13-10(12(15)16)6-7-11(14)17-8-9-4-2-1-3-5-9/h1-5,10,13H,6-8H2,(H,15,16). The molecule has 92 valence electrons. The van der Waals surface area contributed by atoms with Crippen molar-refractivity contribution < 1.29 is 24.5 Å². The fraction of sp³-hybridized carbons (Fsp3) is 0.333. The zero-order valence-electron chi connectivity index (χ0n) is 9.20. The van der Waals surface area contributed by atoms with Gasteiger partial charge in [0.2, 0.25) is 0 Å². The van der Waals surface area contributed by atoms with E-state index in [1.807, 2.05) is 30.3 Å². The molecule has 0 radical (unpaired) electrons. The first-order valence-corrected chi connectivity index (χ1v) is 5.20. The van der Waals surface area contributed by atoms with Crippen LogP contribution in [0.4, 0.5) is 0 Å². The summed E-state index contributed by atoms with van der Waals surface area (Å²) in [6.45, 7) is 0.156. The van der Waals surface area contributed by atoms with Gasteiger partial charge < -0.3 is 14.9 Å². The maximum Gasteiger partial charge on any atom is 0.332 e. The van der Waals surface area contributed by atoms with Crippen molar-refractivity contribution in [3.63, 3.8) is 0 Å². The number of carbonyl (C=O) groups excluding carboxylic acids is 1. The second kappa shape index (κ2) is 6.65. The van der Waals surface area contributed by atoms with Gasteiger partial charge in [-0.05, 0) is 12.0 Å². The van der Waals surface area contributed by atoms with Crippen LogP contribution in [0, 0.1) is 0 Å². The molecule has 0 aliphatic heterocycles. The number of hydrogen-bond donors (Lipinski definition) is 2. The third-order valence-electron chi connectivity index (χ3n) is 2.15. The van der Waals surface area contributed by atoms with Gasteiger partial charge in [0, 0.05) is 6.42 Å². The molecule has 17 heavy (non-hydrogen) atoms. The van der Waals surface area contributed by atoms with Crippen LogP contribution in [0.3, 0.4) is 0 Å². The lowest BCUT2D eigenvalue weighted by Gasteiger charge is -2.06. The van der Waals surface area contributed by atoms with Crippen LogP contribution in [0.25, 0.3) is 0 Å². The summed E-state index contributed by atoms with van der Waals surface area (Å²) in [6, 6.07) is 9.15. The number of aliphatic hydroxyl groups is 1. The predicted octanol–water partition coefficient (Wildman–Crippen LogP) is 0.955. The largest absolute Gasteiger partial charge is 0.479 e. The highest BCUT2D eigenvalue weighted by molar-refractivity contribution is 5.74. The fourth-order valence-electron chi connectivity index (χ4n) is 1.19. The van der Waals surface area contributed by atoms with Gasteiger partial charge in [-0.2, -0.15) is 0 Å². The Morgan fingerprint density at radius 3 is 2.47 bits per heavy atom. The molecule has 2 N–H and O–H groups in total. The van der Waals surface area contributed by atoms with Gasteiger partial charge in [-0.1, -0.05) is 30.3 Å². The molecule has 1 aromatic carbocycles. The molecule has 5 nitrogen and oxygen atoms in total. The highest BCUT2D eigenvalue weighted by Gasteiger charge is 2.15. The number of ether oxygens (including phenoxy) is 1. The minimum atomic E-state index is -1.51. The van der Waals surface area contributed by atoms with Crippen molar-refractivity contribution in [1.29, 1.82) is 0 Å². The Hall–Kier alpha value is -1.88. The number of rotatable bonds is 6. The quantitative estimate of drug-likeness (QED) is 0.721. The molecule has 0 bridgehead atoms. The minimum absolute atomic E-state index is 0.111.